The number of carbonyl (C=O) groups excluding carboxylic acids is 2. The third-order valence-corrected chi connectivity index (χ3v) is 3.12. The second kappa shape index (κ2) is 5.26. The number of likely N-dealkylation sites (tertiary alicyclic amines) is 1. The molecule has 1 aliphatic heterocycles. The molecule has 2 amide bonds. The largest absolute Gasteiger partial charge is 0.386 e. The number of nitrogens with one attached hydrogen (secondary N) is 1. The van der Waals surface area contributed by atoms with E-state index < -0.39 is 11.0 Å². The van der Waals surface area contributed by atoms with E-state index in [0.717, 1.165) is 6.42 Å². The summed E-state index contributed by atoms with van der Waals surface area (Å²) in [4.78, 5) is 24.9. The van der Waals surface area contributed by atoms with Gasteiger partial charge in [0.15, 0.2) is 0 Å². The zero-order chi connectivity index (χ0) is 14.0. The predicted molar refractivity (Wildman–Crippen MR) is 68.9 cm³/mol. The maximum Gasteiger partial charge on any atom is 0.242 e. The normalized spacial score (nSPS) is 18.2. The Morgan fingerprint density at radius 2 is 1.89 bits per heavy atom. The van der Waals surface area contributed by atoms with Crippen molar-refractivity contribution in [2.45, 2.75) is 46.1 Å². The van der Waals surface area contributed by atoms with Gasteiger partial charge in [0.2, 0.25) is 11.8 Å². The maximum atomic E-state index is 11.7. The van der Waals surface area contributed by atoms with Crippen molar-refractivity contribution in [2.24, 2.45) is 5.41 Å². The van der Waals surface area contributed by atoms with E-state index in [1.165, 1.54) is 0 Å². The molecule has 1 heterocycles. The number of carbonyl (C=O) groups is 2. The van der Waals surface area contributed by atoms with Crippen molar-refractivity contribution < 1.29 is 14.7 Å². The van der Waals surface area contributed by atoms with E-state index in [-0.39, 0.29) is 18.4 Å². The molecule has 1 fully saturated rings. The molecule has 0 spiro atoms. The highest BCUT2D eigenvalue weighted by atomic mass is 16.3. The lowest BCUT2D eigenvalue weighted by Gasteiger charge is -2.46. The van der Waals surface area contributed by atoms with Gasteiger partial charge in [-0.3, -0.25) is 9.59 Å². The van der Waals surface area contributed by atoms with E-state index in [1.54, 1.807) is 25.7 Å². The van der Waals surface area contributed by atoms with Crippen molar-refractivity contribution in [3.63, 3.8) is 0 Å². The van der Waals surface area contributed by atoms with Crippen LogP contribution < -0.4 is 5.32 Å². The Balaban J connectivity index is 2.31. The van der Waals surface area contributed by atoms with Gasteiger partial charge in [0, 0.05) is 5.41 Å². The maximum absolute atomic E-state index is 11.7. The Morgan fingerprint density at radius 1 is 1.33 bits per heavy atom. The van der Waals surface area contributed by atoms with Gasteiger partial charge < -0.3 is 15.3 Å². The van der Waals surface area contributed by atoms with Crippen LogP contribution in [0.1, 0.15) is 40.5 Å². The molecule has 0 aliphatic carbocycles. The van der Waals surface area contributed by atoms with E-state index in [9.17, 15) is 14.7 Å². The van der Waals surface area contributed by atoms with Crippen LogP contribution in [0.15, 0.2) is 0 Å². The lowest BCUT2D eigenvalue weighted by atomic mass is 9.89. The molecule has 0 bridgehead atoms. The van der Waals surface area contributed by atoms with Crippen LogP contribution in [0.2, 0.25) is 0 Å². The highest BCUT2D eigenvalue weighted by Crippen LogP contribution is 2.25. The van der Waals surface area contributed by atoms with Crippen LogP contribution in [-0.4, -0.2) is 47.1 Å². The molecule has 1 saturated heterocycles. The van der Waals surface area contributed by atoms with E-state index in [1.807, 2.05) is 6.92 Å². The Kier molecular flexibility index (Phi) is 4.37. The number of β-amino-alcohol motifs (C(OH)–C–C–N with tert-alkyl or cyclic N) is 1. The fourth-order valence-electron chi connectivity index (χ4n) is 2.00. The monoisotopic (exact) mass is 256 g/mol. The highest BCUT2D eigenvalue weighted by Gasteiger charge is 2.42. The van der Waals surface area contributed by atoms with Gasteiger partial charge in [-0.1, -0.05) is 34.1 Å². The molecule has 18 heavy (non-hydrogen) atoms. The molecule has 0 atom stereocenters. The molecule has 0 saturated carbocycles. The molecule has 0 aromatic rings. The minimum atomic E-state index is -0.710. The fraction of sp³-hybridized carbons (Fsp3) is 0.846. The van der Waals surface area contributed by atoms with Crippen LogP contribution in [-0.2, 0) is 9.59 Å². The van der Waals surface area contributed by atoms with Crippen LogP contribution in [0, 0.1) is 5.41 Å². The van der Waals surface area contributed by atoms with E-state index in [4.69, 9.17) is 0 Å². The van der Waals surface area contributed by atoms with Gasteiger partial charge in [-0.05, 0) is 6.42 Å². The zero-order valence-electron chi connectivity index (χ0n) is 11.7. The molecule has 0 radical (unpaired) electrons. The first kappa shape index (κ1) is 15.0. The van der Waals surface area contributed by atoms with Crippen LogP contribution in [0.5, 0.6) is 0 Å². The van der Waals surface area contributed by atoms with Crippen LogP contribution in [0.4, 0.5) is 0 Å². The van der Waals surface area contributed by atoms with Crippen LogP contribution in [0.3, 0.4) is 0 Å². The first-order valence-electron chi connectivity index (χ1n) is 6.46. The van der Waals surface area contributed by atoms with Crippen molar-refractivity contribution in [1.82, 2.24) is 10.2 Å². The molecule has 0 unspecified atom stereocenters. The molecule has 1 aliphatic rings. The minimum Gasteiger partial charge on any atom is -0.386 e. The Morgan fingerprint density at radius 3 is 2.33 bits per heavy atom. The molecule has 5 nitrogen and oxygen atoms in total. The predicted octanol–water partition coefficient (Wildman–Crippen LogP) is 0.522. The molecule has 1 rings (SSSR count). The van der Waals surface area contributed by atoms with Gasteiger partial charge in [0.25, 0.3) is 0 Å². The van der Waals surface area contributed by atoms with E-state index >= 15 is 0 Å². The number of aliphatic hydroxyl groups is 1. The summed E-state index contributed by atoms with van der Waals surface area (Å²) in [6.45, 7) is 8.18. The Hall–Kier alpha value is -1.10. The molecule has 2 N–H and O–H groups in total. The third kappa shape index (κ3) is 3.70. The van der Waals surface area contributed by atoms with Gasteiger partial charge in [-0.15, -0.1) is 0 Å². The second-order valence-electron chi connectivity index (χ2n) is 6.16. The van der Waals surface area contributed by atoms with Crippen molar-refractivity contribution in [2.75, 3.05) is 19.6 Å². The standard InChI is InChI=1S/C13H24N2O3/c1-5-6-13(18)8-15(9-13)10(16)7-14-11(17)12(2,3)4/h18H,5-9H2,1-4H3,(H,14,17). The highest BCUT2D eigenvalue weighted by molar-refractivity contribution is 5.87. The first-order chi connectivity index (χ1) is 8.18. The van der Waals surface area contributed by atoms with Crippen molar-refractivity contribution in [1.29, 1.82) is 0 Å². The Labute approximate surface area is 109 Å². The number of amides is 2. The summed E-state index contributed by atoms with van der Waals surface area (Å²) in [5.74, 6) is -0.270. The average Bonchev–Trinajstić information content (AvgIpc) is 2.20. The van der Waals surface area contributed by atoms with Crippen molar-refractivity contribution in [3.8, 4) is 0 Å². The number of nitrogens with zero attached hydrogens (tertiary/aromatic N) is 1. The van der Waals surface area contributed by atoms with E-state index in [0.29, 0.717) is 19.5 Å². The minimum absolute atomic E-state index is 0.0122. The molecular weight excluding hydrogens is 232 g/mol. The first-order valence-corrected chi connectivity index (χ1v) is 6.46. The summed E-state index contributed by atoms with van der Waals surface area (Å²) in [7, 11) is 0. The van der Waals surface area contributed by atoms with Crippen molar-refractivity contribution >= 4 is 11.8 Å². The van der Waals surface area contributed by atoms with Crippen LogP contribution in [0.25, 0.3) is 0 Å². The SMILES string of the molecule is CCCC1(O)CN(C(=O)CNC(=O)C(C)(C)C)C1. The summed E-state index contributed by atoms with van der Waals surface area (Å²) in [5.41, 5.74) is -1.20. The quantitative estimate of drug-likeness (QED) is 0.770. The van der Waals surface area contributed by atoms with Gasteiger partial charge in [0.1, 0.15) is 0 Å². The number of rotatable bonds is 4. The van der Waals surface area contributed by atoms with Crippen molar-refractivity contribution in [3.05, 3.63) is 0 Å². The number of hydrogen-bond acceptors (Lipinski definition) is 3. The molecule has 5 heteroatoms. The lowest BCUT2D eigenvalue weighted by Crippen LogP contribution is -2.64. The zero-order valence-corrected chi connectivity index (χ0v) is 11.7. The summed E-state index contributed by atoms with van der Waals surface area (Å²) in [6, 6.07) is 0. The fourth-order valence-corrected chi connectivity index (χ4v) is 2.00. The second-order valence-corrected chi connectivity index (χ2v) is 6.16. The Bertz CT molecular complexity index is 328. The van der Waals surface area contributed by atoms with Gasteiger partial charge >= 0.3 is 0 Å². The van der Waals surface area contributed by atoms with Gasteiger partial charge in [0.05, 0.1) is 25.2 Å². The summed E-state index contributed by atoms with van der Waals surface area (Å²) in [5, 5.41) is 12.6. The third-order valence-electron chi connectivity index (χ3n) is 3.12. The summed E-state index contributed by atoms with van der Waals surface area (Å²) < 4.78 is 0. The smallest absolute Gasteiger partial charge is 0.242 e. The van der Waals surface area contributed by atoms with Gasteiger partial charge in [-0.25, -0.2) is 0 Å². The lowest BCUT2D eigenvalue weighted by molar-refractivity contribution is -0.156. The number of hydrogen-bond donors (Lipinski definition) is 2. The molecule has 104 valence electrons. The topological polar surface area (TPSA) is 69.6 Å². The average molecular weight is 256 g/mol. The summed E-state index contributed by atoms with van der Waals surface area (Å²) in [6.07, 6.45) is 1.62. The molecule has 0 aromatic heterocycles. The van der Waals surface area contributed by atoms with Gasteiger partial charge in [-0.2, -0.15) is 0 Å². The van der Waals surface area contributed by atoms with Crippen LogP contribution >= 0.6 is 0 Å². The van der Waals surface area contributed by atoms with E-state index in [2.05, 4.69) is 5.32 Å². The molecular formula is C13H24N2O3. The summed E-state index contributed by atoms with van der Waals surface area (Å²) >= 11 is 0. The molecule has 0 aromatic carbocycles.